The molecule has 0 saturated heterocycles. The fourth-order valence-corrected chi connectivity index (χ4v) is 4.21. The number of anilines is 1. The van der Waals surface area contributed by atoms with Crippen molar-refractivity contribution in [1.29, 1.82) is 0 Å². The van der Waals surface area contributed by atoms with E-state index in [-0.39, 0.29) is 23.5 Å². The smallest absolute Gasteiger partial charge is 0.296 e. The van der Waals surface area contributed by atoms with Crippen LogP contribution >= 0.6 is 0 Å². The van der Waals surface area contributed by atoms with Crippen molar-refractivity contribution in [3.8, 4) is 5.75 Å². The number of methoxy groups -OCH3 is 1. The molecule has 1 aromatic carbocycles. The summed E-state index contributed by atoms with van der Waals surface area (Å²) in [6, 6.07) is 4.02. The Bertz CT molecular complexity index is 815. The molecular weight excluding hydrogens is 328 g/mol. The second kappa shape index (κ2) is 5.37. The van der Waals surface area contributed by atoms with Crippen molar-refractivity contribution in [2.75, 3.05) is 12.4 Å². The first-order valence-electron chi connectivity index (χ1n) is 7.89. The number of hydrogen-bond donors (Lipinski definition) is 1. The number of carbonyl (C=O) groups is 3. The first kappa shape index (κ1) is 17.1. The molecule has 2 unspecified atom stereocenters. The number of fused-ring (bicyclic) bond motifs is 2. The second-order valence-electron chi connectivity index (χ2n) is 7.01. The SMILES string of the molecule is COc1ccc(NC(=O)C23CCC(C(=O)C2=O)C3(C)C)c([N+](=O)[O-])c1. The predicted molar refractivity (Wildman–Crippen MR) is 87.2 cm³/mol. The molecule has 8 heteroatoms. The average Bonchev–Trinajstić information content (AvgIpc) is 2.91. The number of hydrogen-bond acceptors (Lipinski definition) is 6. The van der Waals surface area contributed by atoms with Crippen molar-refractivity contribution >= 4 is 28.8 Å². The molecular formula is C17H18N2O6. The van der Waals surface area contributed by atoms with Gasteiger partial charge >= 0.3 is 0 Å². The lowest BCUT2D eigenvalue weighted by Gasteiger charge is -2.33. The van der Waals surface area contributed by atoms with Crippen molar-refractivity contribution in [2.45, 2.75) is 26.7 Å². The van der Waals surface area contributed by atoms with Crippen LogP contribution in [0.4, 0.5) is 11.4 Å². The summed E-state index contributed by atoms with van der Waals surface area (Å²) >= 11 is 0. The van der Waals surface area contributed by atoms with Gasteiger partial charge in [0, 0.05) is 5.92 Å². The molecule has 0 heterocycles. The van der Waals surface area contributed by atoms with E-state index in [1.165, 1.54) is 25.3 Å². The van der Waals surface area contributed by atoms with Crippen molar-refractivity contribution in [1.82, 2.24) is 0 Å². The van der Waals surface area contributed by atoms with Gasteiger partial charge in [-0.2, -0.15) is 0 Å². The molecule has 25 heavy (non-hydrogen) atoms. The molecule has 132 valence electrons. The fraction of sp³-hybridized carbons (Fsp3) is 0.471. The van der Waals surface area contributed by atoms with E-state index in [1.54, 1.807) is 13.8 Å². The van der Waals surface area contributed by atoms with E-state index in [1.807, 2.05) is 0 Å². The molecule has 0 spiro atoms. The molecule has 2 aliphatic carbocycles. The monoisotopic (exact) mass is 346 g/mol. The number of amides is 1. The molecule has 1 aromatic rings. The number of benzene rings is 1. The highest BCUT2D eigenvalue weighted by Gasteiger charge is 2.72. The Labute approximate surface area is 143 Å². The molecule has 0 aromatic heterocycles. The van der Waals surface area contributed by atoms with Crippen molar-refractivity contribution in [3.05, 3.63) is 28.3 Å². The Kier molecular flexibility index (Phi) is 3.66. The topological polar surface area (TPSA) is 116 Å². The summed E-state index contributed by atoms with van der Waals surface area (Å²) in [5, 5.41) is 13.8. The third-order valence-electron chi connectivity index (χ3n) is 5.74. The first-order chi connectivity index (χ1) is 11.7. The van der Waals surface area contributed by atoms with Gasteiger partial charge in [-0.1, -0.05) is 13.8 Å². The summed E-state index contributed by atoms with van der Waals surface area (Å²) in [4.78, 5) is 48.2. The van der Waals surface area contributed by atoms with Gasteiger partial charge in [-0.05, 0) is 30.4 Å². The highest BCUT2D eigenvalue weighted by molar-refractivity contribution is 6.48. The standard InChI is InChI=1S/C17H18N2O6/c1-16(2)10-6-7-17(16,14(21)13(10)20)15(22)18-11-5-4-9(25-3)8-12(11)19(23)24/h4-5,8,10H,6-7H2,1-3H3,(H,18,22). The Hall–Kier alpha value is -2.77. The molecule has 1 amide bonds. The van der Waals surface area contributed by atoms with E-state index in [4.69, 9.17) is 4.74 Å². The lowest BCUT2D eigenvalue weighted by atomic mass is 9.68. The number of ketones is 2. The van der Waals surface area contributed by atoms with Crippen LogP contribution in [0.3, 0.4) is 0 Å². The number of rotatable bonds is 4. The van der Waals surface area contributed by atoms with E-state index in [2.05, 4.69) is 5.32 Å². The van der Waals surface area contributed by atoms with Crippen LogP contribution in [0, 0.1) is 26.9 Å². The number of nitro benzene ring substituents is 1. The molecule has 8 nitrogen and oxygen atoms in total. The lowest BCUT2D eigenvalue weighted by Crippen LogP contribution is -2.47. The van der Waals surface area contributed by atoms with Crippen LogP contribution in [0.25, 0.3) is 0 Å². The molecule has 2 atom stereocenters. The minimum atomic E-state index is -1.47. The van der Waals surface area contributed by atoms with Gasteiger partial charge in [-0.15, -0.1) is 0 Å². The summed E-state index contributed by atoms with van der Waals surface area (Å²) in [7, 11) is 1.38. The number of Topliss-reactive ketones (excluding diaryl/α,β-unsaturated/α-hetero) is 2. The minimum absolute atomic E-state index is 0.0310. The predicted octanol–water partition coefficient (Wildman–Crippen LogP) is 2.12. The first-order valence-corrected chi connectivity index (χ1v) is 7.89. The quantitative estimate of drug-likeness (QED) is 0.386. The highest BCUT2D eigenvalue weighted by atomic mass is 16.6. The van der Waals surface area contributed by atoms with Gasteiger partial charge < -0.3 is 10.1 Å². The molecule has 1 N–H and O–H groups in total. The van der Waals surface area contributed by atoms with Crippen LogP contribution in [-0.2, 0) is 14.4 Å². The summed E-state index contributed by atoms with van der Waals surface area (Å²) in [6.45, 7) is 3.46. The van der Waals surface area contributed by atoms with Gasteiger partial charge in [-0.25, -0.2) is 0 Å². The molecule has 3 rings (SSSR count). The zero-order valence-corrected chi connectivity index (χ0v) is 14.1. The van der Waals surface area contributed by atoms with Crippen LogP contribution in [0.1, 0.15) is 26.7 Å². The molecule has 0 radical (unpaired) electrons. The van der Waals surface area contributed by atoms with E-state index >= 15 is 0 Å². The second-order valence-corrected chi connectivity index (χ2v) is 7.01. The number of nitrogens with zero attached hydrogens (tertiary/aromatic N) is 1. The Morgan fingerprint density at radius 3 is 2.56 bits per heavy atom. The molecule has 2 aliphatic rings. The van der Waals surface area contributed by atoms with E-state index in [9.17, 15) is 24.5 Å². The van der Waals surface area contributed by atoms with Crippen molar-refractivity contribution in [3.63, 3.8) is 0 Å². The third-order valence-corrected chi connectivity index (χ3v) is 5.74. The van der Waals surface area contributed by atoms with Crippen LogP contribution in [0.5, 0.6) is 5.75 Å². The van der Waals surface area contributed by atoms with Crippen LogP contribution in [-0.4, -0.2) is 29.5 Å². The van der Waals surface area contributed by atoms with Gasteiger partial charge in [0.25, 0.3) is 5.69 Å². The highest BCUT2D eigenvalue weighted by Crippen LogP contribution is 2.62. The summed E-state index contributed by atoms with van der Waals surface area (Å²) in [6.07, 6.45) is 0.737. The average molecular weight is 346 g/mol. The fourth-order valence-electron chi connectivity index (χ4n) is 4.21. The van der Waals surface area contributed by atoms with E-state index in [0.717, 1.165) is 0 Å². The van der Waals surface area contributed by atoms with Crippen LogP contribution in [0.15, 0.2) is 18.2 Å². The Morgan fingerprint density at radius 2 is 2.04 bits per heavy atom. The van der Waals surface area contributed by atoms with Crippen molar-refractivity contribution in [2.24, 2.45) is 16.7 Å². The summed E-state index contributed by atoms with van der Waals surface area (Å²) in [5.74, 6) is -2.07. The number of carbonyl (C=O) groups excluding carboxylic acids is 3. The van der Waals surface area contributed by atoms with Gasteiger partial charge in [0.05, 0.1) is 18.1 Å². The van der Waals surface area contributed by atoms with Crippen LogP contribution in [0.2, 0.25) is 0 Å². The molecule has 2 saturated carbocycles. The van der Waals surface area contributed by atoms with Crippen LogP contribution < -0.4 is 10.1 Å². The van der Waals surface area contributed by atoms with Gasteiger partial charge in [0.2, 0.25) is 17.5 Å². The maximum Gasteiger partial charge on any atom is 0.296 e. The van der Waals surface area contributed by atoms with E-state index in [0.29, 0.717) is 6.42 Å². The molecule has 2 fully saturated rings. The maximum absolute atomic E-state index is 13.0. The number of nitro groups is 1. The minimum Gasteiger partial charge on any atom is -0.496 e. The largest absolute Gasteiger partial charge is 0.496 e. The van der Waals surface area contributed by atoms with Gasteiger partial charge in [0.1, 0.15) is 16.9 Å². The molecule has 2 bridgehead atoms. The zero-order valence-electron chi connectivity index (χ0n) is 14.1. The lowest BCUT2D eigenvalue weighted by molar-refractivity contribution is -0.384. The van der Waals surface area contributed by atoms with Crippen molar-refractivity contribution < 1.29 is 24.0 Å². The molecule has 0 aliphatic heterocycles. The summed E-state index contributed by atoms with van der Waals surface area (Å²) < 4.78 is 4.96. The normalized spacial score (nSPS) is 26.6. The van der Waals surface area contributed by atoms with E-state index < -0.39 is 39.1 Å². The summed E-state index contributed by atoms with van der Waals surface area (Å²) in [5.41, 5.74) is -2.65. The van der Waals surface area contributed by atoms with Gasteiger partial charge in [-0.3, -0.25) is 24.5 Å². The number of ether oxygens (including phenoxy) is 1. The number of nitrogens with one attached hydrogen (secondary N) is 1. The zero-order chi connectivity index (χ0) is 18.6. The Morgan fingerprint density at radius 1 is 1.36 bits per heavy atom. The van der Waals surface area contributed by atoms with Gasteiger partial charge in [0.15, 0.2) is 0 Å². The maximum atomic E-state index is 13.0. The Balaban J connectivity index is 2.00. The third kappa shape index (κ3) is 2.09.